The quantitative estimate of drug-likeness (QED) is 0.354. The van der Waals surface area contributed by atoms with Gasteiger partial charge in [0.25, 0.3) is 0 Å². The molecule has 3 N–H and O–H groups in total. The highest BCUT2D eigenvalue weighted by Crippen LogP contribution is 2.35. The maximum Gasteiger partial charge on any atom is 0.188 e. The molecule has 0 atom stereocenters. The first-order valence-electron chi connectivity index (χ1n) is 6.20. The second-order valence-corrected chi connectivity index (χ2v) is 5.38. The Hall–Kier alpha value is -0.260. The Labute approximate surface area is 122 Å². The van der Waals surface area contributed by atoms with Crippen molar-refractivity contribution in [2.24, 2.45) is 16.1 Å². The lowest BCUT2D eigenvalue weighted by molar-refractivity contribution is 0.227. The first-order chi connectivity index (χ1) is 7.52. The van der Waals surface area contributed by atoms with Crippen molar-refractivity contribution in [1.82, 2.24) is 5.32 Å². The third kappa shape index (κ3) is 6.91. The molecule has 4 heteroatoms. The third-order valence-electron chi connectivity index (χ3n) is 3.26. The summed E-state index contributed by atoms with van der Waals surface area (Å²) in [6.07, 6.45) is 6.62. The molecule has 0 radical (unpaired) electrons. The van der Waals surface area contributed by atoms with Crippen molar-refractivity contribution in [3.63, 3.8) is 0 Å². The number of nitrogens with one attached hydrogen (secondary N) is 1. The van der Waals surface area contributed by atoms with Gasteiger partial charge in [-0.15, -0.1) is 24.0 Å². The van der Waals surface area contributed by atoms with Crippen LogP contribution in [0.25, 0.3) is 0 Å². The first-order valence-corrected chi connectivity index (χ1v) is 6.20. The van der Waals surface area contributed by atoms with Gasteiger partial charge in [0.05, 0.1) is 0 Å². The zero-order chi connectivity index (χ0) is 12.0. The summed E-state index contributed by atoms with van der Waals surface area (Å²) in [6, 6.07) is 0. The van der Waals surface area contributed by atoms with E-state index in [2.05, 4.69) is 23.8 Å². The minimum atomic E-state index is 0. The monoisotopic (exact) mass is 351 g/mol. The molecular weight excluding hydrogens is 325 g/mol. The van der Waals surface area contributed by atoms with Crippen molar-refractivity contribution in [2.75, 3.05) is 13.1 Å². The van der Waals surface area contributed by atoms with Crippen LogP contribution in [0, 0.1) is 5.41 Å². The third-order valence-corrected chi connectivity index (χ3v) is 3.26. The molecule has 0 aromatic heterocycles. The fourth-order valence-corrected chi connectivity index (χ4v) is 2.14. The van der Waals surface area contributed by atoms with Gasteiger partial charge in [0.2, 0.25) is 0 Å². The highest BCUT2D eigenvalue weighted by Gasteiger charge is 2.26. The number of nitrogens with two attached hydrogens (primary N) is 1. The summed E-state index contributed by atoms with van der Waals surface area (Å²) in [4.78, 5) is 4.43. The van der Waals surface area contributed by atoms with Gasteiger partial charge in [0, 0.05) is 13.1 Å². The summed E-state index contributed by atoms with van der Waals surface area (Å²) in [7, 11) is 0. The molecule has 0 saturated heterocycles. The van der Waals surface area contributed by atoms with Gasteiger partial charge in [0.15, 0.2) is 5.96 Å². The van der Waals surface area contributed by atoms with E-state index in [0.717, 1.165) is 12.1 Å². The Morgan fingerprint density at radius 2 is 1.94 bits per heavy atom. The molecule has 1 fully saturated rings. The lowest BCUT2D eigenvalue weighted by atomic mass is 9.76. The van der Waals surface area contributed by atoms with Crippen LogP contribution in [0.3, 0.4) is 0 Å². The van der Waals surface area contributed by atoms with Crippen LogP contribution < -0.4 is 11.1 Å². The Morgan fingerprint density at radius 1 is 1.35 bits per heavy atom. The smallest absolute Gasteiger partial charge is 0.188 e. The summed E-state index contributed by atoms with van der Waals surface area (Å²) in [5.74, 6) is 0.551. The summed E-state index contributed by atoms with van der Waals surface area (Å²) < 4.78 is 0. The van der Waals surface area contributed by atoms with Crippen LogP contribution in [0.15, 0.2) is 17.1 Å². The molecule has 0 amide bonds. The van der Waals surface area contributed by atoms with Crippen molar-refractivity contribution < 1.29 is 0 Å². The maximum absolute atomic E-state index is 5.80. The molecule has 0 bridgehead atoms. The molecule has 1 saturated carbocycles. The molecule has 0 heterocycles. The molecule has 100 valence electrons. The lowest BCUT2D eigenvalue weighted by Gasteiger charge is -2.31. The number of halogens is 1. The fraction of sp³-hybridized carbons (Fsp3) is 0.769. The van der Waals surface area contributed by atoms with Crippen LogP contribution in [0.5, 0.6) is 0 Å². The highest BCUT2D eigenvalue weighted by molar-refractivity contribution is 14.0. The predicted octanol–water partition coefficient (Wildman–Crippen LogP) is 3.06. The van der Waals surface area contributed by atoms with Gasteiger partial charge in [-0.25, -0.2) is 0 Å². The summed E-state index contributed by atoms with van der Waals surface area (Å²) in [5, 5.41) is 3.07. The molecule has 0 spiro atoms. The summed E-state index contributed by atoms with van der Waals surface area (Å²) in [5.41, 5.74) is 7.24. The van der Waals surface area contributed by atoms with Crippen molar-refractivity contribution >= 4 is 29.9 Å². The average Bonchev–Trinajstić information content (AvgIpc) is 2.25. The van der Waals surface area contributed by atoms with E-state index in [1.807, 2.05) is 6.92 Å². The fourth-order valence-electron chi connectivity index (χ4n) is 2.14. The van der Waals surface area contributed by atoms with Crippen molar-refractivity contribution in [3.05, 3.63) is 12.2 Å². The Bertz CT molecular complexity index is 268. The summed E-state index contributed by atoms with van der Waals surface area (Å²) in [6.45, 7) is 9.68. The molecule has 3 nitrogen and oxygen atoms in total. The summed E-state index contributed by atoms with van der Waals surface area (Å²) >= 11 is 0. The van der Waals surface area contributed by atoms with E-state index in [0.29, 0.717) is 17.9 Å². The minimum absolute atomic E-state index is 0. The molecule has 0 unspecified atom stereocenters. The molecular formula is C13H26IN3. The Balaban J connectivity index is 0.00000256. The molecule has 0 aromatic rings. The minimum Gasteiger partial charge on any atom is -0.370 e. The Morgan fingerprint density at radius 3 is 2.47 bits per heavy atom. The Kier molecular flexibility index (Phi) is 7.83. The lowest BCUT2D eigenvalue weighted by Crippen LogP contribution is -2.34. The van der Waals surface area contributed by atoms with Gasteiger partial charge in [-0.3, -0.25) is 4.99 Å². The molecule has 1 aliphatic rings. The topological polar surface area (TPSA) is 50.4 Å². The number of guanidine groups is 1. The van der Waals surface area contributed by atoms with Crippen molar-refractivity contribution in [1.29, 1.82) is 0 Å². The molecule has 1 rings (SSSR count). The maximum atomic E-state index is 5.80. The molecule has 0 aromatic carbocycles. The zero-order valence-electron chi connectivity index (χ0n) is 11.1. The van der Waals surface area contributed by atoms with Gasteiger partial charge in [-0.1, -0.05) is 38.3 Å². The van der Waals surface area contributed by atoms with Crippen LogP contribution in [0.4, 0.5) is 0 Å². The van der Waals surface area contributed by atoms with Crippen LogP contribution in [0.1, 0.15) is 46.0 Å². The number of hydrogen-bond donors (Lipinski definition) is 2. The second-order valence-electron chi connectivity index (χ2n) is 5.38. The van der Waals surface area contributed by atoms with Crippen LogP contribution in [0.2, 0.25) is 0 Å². The van der Waals surface area contributed by atoms with E-state index in [1.165, 1.54) is 32.1 Å². The van der Waals surface area contributed by atoms with E-state index < -0.39 is 0 Å². The number of hydrogen-bond acceptors (Lipinski definition) is 1. The van der Waals surface area contributed by atoms with E-state index in [1.54, 1.807) is 0 Å². The van der Waals surface area contributed by atoms with Crippen LogP contribution in [-0.2, 0) is 0 Å². The highest BCUT2D eigenvalue weighted by atomic mass is 127. The molecule has 17 heavy (non-hydrogen) atoms. The second kappa shape index (κ2) is 7.95. The first kappa shape index (κ1) is 16.7. The van der Waals surface area contributed by atoms with E-state index >= 15 is 0 Å². The zero-order valence-corrected chi connectivity index (χ0v) is 13.4. The van der Waals surface area contributed by atoms with E-state index in [-0.39, 0.29) is 24.0 Å². The van der Waals surface area contributed by atoms with Gasteiger partial charge in [-0.05, 0) is 25.2 Å². The van der Waals surface area contributed by atoms with E-state index in [4.69, 9.17) is 5.73 Å². The number of aliphatic imine (C=N–C) groups is 1. The number of rotatable bonds is 4. The van der Waals surface area contributed by atoms with Gasteiger partial charge >= 0.3 is 0 Å². The largest absolute Gasteiger partial charge is 0.370 e. The standard InChI is InChI=1S/C13H25N3.HI/c1-11(2)9-15-12(14)16-10-13(3)7-5-4-6-8-13;/h1,4-10H2,2-3H3,(H3,14,15,16);1H. The van der Waals surface area contributed by atoms with E-state index in [9.17, 15) is 0 Å². The number of nitrogens with zero attached hydrogens (tertiary/aromatic N) is 1. The van der Waals surface area contributed by atoms with Crippen molar-refractivity contribution in [3.8, 4) is 0 Å². The van der Waals surface area contributed by atoms with Crippen LogP contribution in [-0.4, -0.2) is 19.0 Å². The average molecular weight is 351 g/mol. The van der Waals surface area contributed by atoms with Gasteiger partial charge < -0.3 is 11.1 Å². The predicted molar refractivity (Wildman–Crippen MR) is 85.9 cm³/mol. The normalized spacial score (nSPS) is 19.3. The SMILES string of the molecule is C=C(C)CNC(N)=NCC1(C)CCCCC1.I. The van der Waals surface area contributed by atoms with Crippen LogP contribution >= 0.6 is 24.0 Å². The van der Waals surface area contributed by atoms with Gasteiger partial charge in [0.1, 0.15) is 0 Å². The van der Waals surface area contributed by atoms with Crippen molar-refractivity contribution in [2.45, 2.75) is 46.0 Å². The van der Waals surface area contributed by atoms with Gasteiger partial charge in [-0.2, -0.15) is 0 Å². The molecule has 0 aliphatic heterocycles. The molecule has 1 aliphatic carbocycles.